The van der Waals surface area contributed by atoms with Crippen molar-refractivity contribution in [3.63, 3.8) is 0 Å². The number of pyridine rings is 1. The lowest BCUT2D eigenvalue weighted by molar-refractivity contribution is 0.112. The maximum atomic E-state index is 10.8. The van der Waals surface area contributed by atoms with Crippen LogP contribution in [0.2, 0.25) is 0 Å². The quantitative estimate of drug-likeness (QED) is 0.672. The number of carbonyl (C=O) groups excluding carboxylic acids is 1. The van der Waals surface area contributed by atoms with E-state index in [0.717, 1.165) is 17.8 Å². The number of aromatic nitrogens is 3. The first-order valence-corrected chi connectivity index (χ1v) is 6.10. The molecule has 4 heteroatoms. The molecule has 0 radical (unpaired) electrons. The number of rotatable bonds is 3. The van der Waals surface area contributed by atoms with E-state index in [1.54, 1.807) is 18.3 Å². The first-order valence-electron chi connectivity index (χ1n) is 6.10. The summed E-state index contributed by atoms with van der Waals surface area (Å²) >= 11 is 0. The Kier molecular flexibility index (Phi) is 2.83. The van der Waals surface area contributed by atoms with Crippen molar-refractivity contribution in [2.75, 3.05) is 0 Å². The fourth-order valence-electron chi connectivity index (χ4n) is 2.03. The zero-order valence-corrected chi connectivity index (χ0v) is 10.6. The van der Waals surface area contributed by atoms with Crippen molar-refractivity contribution in [2.45, 2.75) is 13.3 Å². The highest BCUT2D eigenvalue weighted by Crippen LogP contribution is 2.11. The van der Waals surface area contributed by atoms with Gasteiger partial charge in [0.15, 0.2) is 11.9 Å². The van der Waals surface area contributed by atoms with E-state index in [2.05, 4.69) is 41.4 Å². The molecule has 4 nitrogen and oxygen atoms in total. The van der Waals surface area contributed by atoms with Crippen LogP contribution in [0.25, 0.3) is 5.65 Å². The molecule has 0 bridgehead atoms. The summed E-state index contributed by atoms with van der Waals surface area (Å²) < 4.78 is 1.86. The molecule has 0 aliphatic carbocycles. The van der Waals surface area contributed by atoms with Crippen molar-refractivity contribution in [3.05, 3.63) is 65.1 Å². The molecule has 0 unspecified atom stereocenters. The lowest BCUT2D eigenvalue weighted by Gasteiger charge is -2.02. The summed E-state index contributed by atoms with van der Waals surface area (Å²) in [5, 5.41) is 8.29. The molecule has 0 saturated heterocycles. The van der Waals surface area contributed by atoms with Gasteiger partial charge < -0.3 is 0 Å². The number of hydrogen-bond acceptors (Lipinski definition) is 3. The van der Waals surface area contributed by atoms with Crippen molar-refractivity contribution in [1.29, 1.82) is 0 Å². The normalized spacial score (nSPS) is 10.8. The Bertz CT molecular complexity index is 729. The van der Waals surface area contributed by atoms with Crippen LogP contribution >= 0.6 is 0 Å². The zero-order valence-electron chi connectivity index (χ0n) is 10.6. The van der Waals surface area contributed by atoms with E-state index in [4.69, 9.17) is 0 Å². The molecule has 19 heavy (non-hydrogen) atoms. The first-order chi connectivity index (χ1) is 9.26. The number of carbonyl (C=O) groups is 1. The van der Waals surface area contributed by atoms with Crippen LogP contribution in [0.1, 0.15) is 27.3 Å². The van der Waals surface area contributed by atoms with Gasteiger partial charge in [0.05, 0.1) is 0 Å². The third-order valence-electron chi connectivity index (χ3n) is 3.11. The van der Waals surface area contributed by atoms with Gasteiger partial charge in [-0.2, -0.15) is 0 Å². The molecule has 3 rings (SSSR count). The fourth-order valence-corrected chi connectivity index (χ4v) is 2.03. The fraction of sp³-hybridized carbons (Fsp3) is 0.133. The summed E-state index contributed by atoms with van der Waals surface area (Å²) in [6, 6.07) is 11.9. The number of aldehydes is 1. The van der Waals surface area contributed by atoms with Gasteiger partial charge in [-0.1, -0.05) is 29.8 Å². The van der Waals surface area contributed by atoms with E-state index in [1.165, 1.54) is 11.1 Å². The highest BCUT2D eigenvalue weighted by atomic mass is 16.1. The Labute approximate surface area is 110 Å². The largest absolute Gasteiger partial charge is 0.298 e. The second kappa shape index (κ2) is 4.65. The van der Waals surface area contributed by atoms with E-state index in [-0.39, 0.29) is 0 Å². The van der Waals surface area contributed by atoms with E-state index in [1.807, 2.05) is 4.40 Å². The van der Waals surface area contributed by atoms with Gasteiger partial charge >= 0.3 is 0 Å². The number of fused-ring (bicyclic) bond motifs is 1. The minimum absolute atomic E-state index is 0.623. The first kappa shape index (κ1) is 11.6. The predicted molar refractivity (Wildman–Crippen MR) is 72.4 cm³/mol. The summed E-state index contributed by atoms with van der Waals surface area (Å²) in [4.78, 5) is 10.8. The molecule has 2 aromatic heterocycles. The SMILES string of the molecule is Cc1ccc(Cc2nnc3ccc(C=O)cn23)cc1. The minimum Gasteiger partial charge on any atom is -0.298 e. The molecule has 0 N–H and O–H groups in total. The summed E-state index contributed by atoms with van der Waals surface area (Å²) in [5.74, 6) is 0.836. The molecule has 3 aromatic rings. The monoisotopic (exact) mass is 251 g/mol. The van der Waals surface area contributed by atoms with E-state index >= 15 is 0 Å². The number of hydrogen-bond donors (Lipinski definition) is 0. The molecule has 0 fully saturated rings. The van der Waals surface area contributed by atoms with Crippen LogP contribution in [0.5, 0.6) is 0 Å². The maximum Gasteiger partial charge on any atom is 0.160 e. The van der Waals surface area contributed by atoms with Crippen molar-refractivity contribution in [2.24, 2.45) is 0 Å². The van der Waals surface area contributed by atoms with E-state index in [0.29, 0.717) is 12.0 Å². The van der Waals surface area contributed by atoms with Gasteiger partial charge in [0, 0.05) is 18.2 Å². The van der Waals surface area contributed by atoms with Crippen LogP contribution in [0.15, 0.2) is 42.6 Å². The summed E-state index contributed by atoms with van der Waals surface area (Å²) in [7, 11) is 0. The average molecular weight is 251 g/mol. The Hall–Kier alpha value is -2.49. The molecular weight excluding hydrogens is 238 g/mol. The standard InChI is InChI=1S/C15H13N3O/c1-11-2-4-12(5-3-11)8-15-17-16-14-7-6-13(10-19)9-18(14)15/h2-7,9-10H,8H2,1H3. The van der Waals surface area contributed by atoms with Crippen LogP contribution < -0.4 is 0 Å². The molecule has 0 aliphatic heterocycles. The predicted octanol–water partition coefficient (Wildman–Crippen LogP) is 2.44. The lowest BCUT2D eigenvalue weighted by Crippen LogP contribution is -1.97. The summed E-state index contributed by atoms with van der Waals surface area (Å²) in [5.41, 5.74) is 3.79. The van der Waals surface area contributed by atoms with Crippen LogP contribution in [-0.4, -0.2) is 20.9 Å². The molecular formula is C15H13N3O. The van der Waals surface area contributed by atoms with E-state index in [9.17, 15) is 4.79 Å². The second-order valence-corrected chi connectivity index (χ2v) is 4.59. The Morgan fingerprint density at radius 3 is 2.63 bits per heavy atom. The Morgan fingerprint density at radius 1 is 1.11 bits per heavy atom. The molecule has 0 saturated carbocycles. The molecule has 1 aromatic carbocycles. The zero-order chi connectivity index (χ0) is 13.2. The maximum absolute atomic E-state index is 10.8. The molecule has 0 amide bonds. The topological polar surface area (TPSA) is 47.3 Å². The van der Waals surface area contributed by atoms with Crippen molar-refractivity contribution >= 4 is 11.9 Å². The number of benzene rings is 1. The smallest absolute Gasteiger partial charge is 0.160 e. The average Bonchev–Trinajstić information content (AvgIpc) is 2.84. The van der Waals surface area contributed by atoms with Crippen molar-refractivity contribution in [1.82, 2.24) is 14.6 Å². The van der Waals surface area contributed by atoms with Gasteiger partial charge in [0.1, 0.15) is 5.82 Å². The van der Waals surface area contributed by atoms with E-state index < -0.39 is 0 Å². The summed E-state index contributed by atoms with van der Waals surface area (Å²) in [6.45, 7) is 2.06. The van der Waals surface area contributed by atoms with Gasteiger partial charge in [-0.05, 0) is 24.6 Å². The van der Waals surface area contributed by atoms with Gasteiger partial charge in [-0.15, -0.1) is 10.2 Å². The van der Waals surface area contributed by atoms with Crippen LogP contribution in [0.3, 0.4) is 0 Å². The van der Waals surface area contributed by atoms with Crippen LogP contribution in [-0.2, 0) is 6.42 Å². The highest BCUT2D eigenvalue weighted by molar-refractivity contribution is 5.74. The molecule has 0 aliphatic rings. The highest BCUT2D eigenvalue weighted by Gasteiger charge is 2.06. The van der Waals surface area contributed by atoms with Gasteiger partial charge in [-0.25, -0.2) is 0 Å². The molecule has 2 heterocycles. The van der Waals surface area contributed by atoms with Crippen molar-refractivity contribution < 1.29 is 4.79 Å². The number of aryl methyl sites for hydroxylation is 1. The molecule has 0 spiro atoms. The Balaban J connectivity index is 2.00. The second-order valence-electron chi connectivity index (χ2n) is 4.59. The summed E-state index contributed by atoms with van der Waals surface area (Å²) in [6.07, 6.45) is 3.30. The van der Waals surface area contributed by atoms with Crippen LogP contribution in [0.4, 0.5) is 0 Å². The number of nitrogens with zero attached hydrogens (tertiary/aromatic N) is 3. The Morgan fingerprint density at radius 2 is 1.89 bits per heavy atom. The van der Waals surface area contributed by atoms with Gasteiger partial charge in [-0.3, -0.25) is 9.20 Å². The van der Waals surface area contributed by atoms with Gasteiger partial charge in [0.25, 0.3) is 0 Å². The van der Waals surface area contributed by atoms with Crippen molar-refractivity contribution in [3.8, 4) is 0 Å². The third-order valence-corrected chi connectivity index (χ3v) is 3.11. The van der Waals surface area contributed by atoms with Crippen LogP contribution in [0, 0.1) is 6.92 Å². The third kappa shape index (κ3) is 2.25. The lowest BCUT2D eigenvalue weighted by atomic mass is 10.1. The molecule has 94 valence electrons. The minimum atomic E-state index is 0.623. The van der Waals surface area contributed by atoms with Gasteiger partial charge in [0.2, 0.25) is 0 Å². The molecule has 0 atom stereocenters.